The summed E-state index contributed by atoms with van der Waals surface area (Å²) in [5.41, 5.74) is 1.13. The minimum absolute atomic E-state index is 0.0101. The van der Waals surface area contributed by atoms with Crippen molar-refractivity contribution in [1.82, 2.24) is 20.5 Å². The summed E-state index contributed by atoms with van der Waals surface area (Å²) in [6.07, 6.45) is 10.3. The molecular formula is C34H51N5O3. The number of para-hydroxylation sites is 1. The fourth-order valence-corrected chi connectivity index (χ4v) is 6.85. The van der Waals surface area contributed by atoms with Crippen LogP contribution in [0.4, 0.5) is 10.6 Å². The molecule has 3 aliphatic rings. The molecule has 0 bridgehead atoms. The number of anilines is 1. The van der Waals surface area contributed by atoms with Gasteiger partial charge in [0, 0.05) is 31.6 Å². The summed E-state index contributed by atoms with van der Waals surface area (Å²) in [5, 5.41) is 7.09. The third kappa shape index (κ3) is 8.59. The number of fused-ring (bicyclic) bond motifs is 1. The maximum atomic E-state index is 13.5. The number of ether oxygens (including phenoxy) is 1. The first-order valence-corrected chi connectivity index (χ1v) is 16.4. The number of alkyl carbamates (subject to hydrolysis) is 1. The van der Waals surface area contributed by atoms with Crippen LogP contribution in [0.15, 0.2) is 30.3 Å². The highest BCUT2D eigenvalue weighted by atomic mass is 16.6. The van der Waals surface area contributed by atoms with Gasteiger partial charge in [-0.15, -0.1) is 0 Å². The molecule has 1 aromatic carbocycles. The minimum atomic E-state index is -0.482. The van der Waals surface area contributed by atoms with Crippen LogP contribution >= 0.6 is 0 Å². The third-order valence-corrected chi connectivity index (χ3v) is 9.39. The number of pyridine rings is 1. The molecule has 3 heterocycles. The van der Waals surface area contributed by atoms with Crippen LogP contribution in [0, 0.1) is 17.8 Å². The lowest BCUT2D eigenvalue weighted by Gasteiger charge is -2.34. The van der Waals surface area contributed by atoms with E-state index in [1.54, 1.807) is 0 Å². The summed E-state index contributed by atoms with van der Waals surface area (Å²) >= 11 is 0. The molecule has 5 rings (SSSR count). The largest absolute Gasteiger partial charge is 0.444 e. The average Bonchev–Trinajstić information content (AvgIpc) is 3.51. The summed E-state index contributed by atoms with van der Waals surface area (Å²) in [4.78, 5) is 35.5. The Balaban J connectivity index is 1.12. The van der Waals surface area contributed by atoms with E-state index in [0.717, 1.165) is 67.0 Å². The van der Waals surface area contributed by atoms with Crippen LogP contribution in [-0.2, 0) is 4.74 Å². The van der Waals surface area contributed by atoms with E-state index < -0.39 is 5.60 Å². The van der Waals surface area contributed by atoms with Gasteiger partial charge in [-0.1, -0.05) is 18.2 Å². The molecule has 0 spiro atoms. The van der Waals surface area contributed by atoms with Gasteiger partial charge in [0.05, 0.1) is 11.1 Å². The van der Waals surface area contributed by atoms with E-state index in [4.69, 9.17) is 9.72 Å². The van der Waals surface area contributed by atoms with Crippen LogP contribution < -0.4 is 15.5 Å². The van der Waals surface area contributed by atoms with E-state index in [1.807, 2.05) is 51.1 Å². The van der Waals surface area contributed by atoms with Gasteiger partial charge in [0.25, 0.3) is 5.91 Å². The van der Waals surface area contributed by atoms with Crippen molar-refractivity contribution in [2.24, 2.45) is 17.8 Å². The number of hydrogen-bond acceptors (Lipinski definition) is 6. The van der Waals surface area contributed by atoms with E-state index in [0.29, 0.717) is 24.9 Å². The number of nitrogens with one attached hydrogen (secondary N) is 2. The number of benzene rings is 1. The van der Waals surface area contributed by atoms with Crippen molar-refractivity contribution in [2.45, 2.75) is 84.2 Å². The van der Waals surface area contributed by atoms with Crippen LogP contribution in [0.25, 0.3) is 10.9 Å². The molecule has 0 unspecified atom stereocenters. The molecule has 2 aromatic rings. The van der Waals surface area contributed by atoms with Crippen LogP contribution in [0.2, 0.25) is 0 Å². The van der Waals surface area contributed by atoms with Crippen molar-refractivity contribution in [2.75, 3.05) is 50.7 Å². The van der Waals surface area contributed by atoms with E-state index in [2.05, 4.69) is 20.4 Å². The summed E-state index contributed by atoms with van der Waals surface area (Å²) in [6.45, 7) is 12.8. The van der Waals surface area contributed by atoms with E-state index in [-0.39, 0.29) is 12.0 Å². The molecule has 1 aliphatic carbocycles. The van der Waals surface area contributed by atoms with E-state index >= 15 is 0 Å². The topological polar surface area (TPSA) is 86.8 Å². The second-order valence-electron chi connectivity index (χ2n) is 13.8. The van der Waals surface area contributed by atoms with Crippen molar-refractivity contribution in [3.8, 4) is 0 Å². The van der Waals surface area contributed by atoms with Crippen LogP contribution in [0.1, 0.15) is 88.9 Å². The molecule has 0 radical (unpaired) electrons. The molecule has 8 heteroatoms. The second-order valence-corrected chi connectivity index (χ2v) is 13.8. The highest BCUT2D eigenvalue weighted by molar-refractivity contribution is 6.07. The van der Waals surface area contributed by atoms with Gasteiger partial charge in [-0.3, -0.25) is 4.79 Å². The molecule has 2 amide bonds. The predicted octanol–water partition coefficient (Wildman–Crippen LogP) is 6.00. The molecule has 2 saturated heterocycles. The maximum Gasteiger partial charge on any atom is 0.407 e. The Labute approximate surface area is 251 Å². The Morgan fingerprint density at radius 1 is 0.881 bits per heavy atom. The number of nitrogens with zero attached hydrogens (tertiary/aromatic N) is 3. The number of aromatic nitrogens is 1. The zero-order valence-corrected chi connectivity index (χ0v) is 26.0. The second kappa shape index (κ2) is 14.1. The van der Waals surface area contributed by atoms with Gasteiger partial charge in [-0.25, -0.2) is 9.78 Å². The maximum absolute atomic E-state index is 13.5. The fraction of sp³-hybridized carbons (Fsp3) is 0.676. The third-order valence-electron chi connectivity index (χ3n) is 9.39. The fourth-order valence-electron chi connectivity index (χ4n) is 6.85. The first-order valence-electron chi connectivity index (χ1n) is 16.4. The Bertz CT molecular complexity index is 1190. The molecule has 1 aromatic heterocycles. The Morgan fingerprint density at radius 3 is 2.19 bits per heavy atom. The number of piperidine rings is 1. The van der Waals surface area contributed by atoms with Crippen LogP contribution in [-0.4, -0.2) is 73.3 Å². The smallest absolute Gasteiger partial charge is 0.407 e. The zero-order chi connectivity index (χ0) is 29.5. The number of amides is 2. The molecule has 2 aliphatic heterocycles. The SMILES string of the molecule is CC(C)(C)OC(=O)NCC1CCC(CNC(=O)c2cc(N3CCC(CCN4CCCC4)CC3)nc3ccccc23)CC1. The molecule has 3 fully saturated rings. The molecule has 42 heavy (non-hydrogen) atoms. The number of carbonyl (C=O) groups excluding carboxylic acids is 2. The molecule has 8 nitrogen and oxygen atoms in total. The van der Waals surface area contributed by atoms with Crippen molar-refractivity contribution >= 4 is 28.7 Å². The summed E-state index contributed by atoms with van der Waals surface area (Å²) in [5.74, 6) is 2.62. The number of likely N-dealkylation sites (tertiary alicyclic amines) is 1. The predicted molar refractivity (Wildman–Crippen MR) is 169 cm³/mol. The quantitative estimate of drug-likeness (QED) is 0.380. The normalized spacial score (nSPS) is 22.3. The molecule has 230 valence electrons. The molecule has 0 atom stereocenters. The molecule has 2 N–H and O–H groups in total. The van der Waals surface area contributed by atoms with Gasteiger partial charge in [0.2, 0.25) is 0 Å². The summed E-state index contributed by atoms with van der Waals surface area (Å²) in [6, 6.07) is 10.0. The minimum Gasteiger partial charge on any atom is -0.444 e. The molecule has 1 saturated carbocycles. The first-order chi connectivity index (χ1) is 20.2. The summed E-state index contributed by atoms with van der Waals surface area (Å²) in [7, 11) is 0. The Kier molecular flexibility index (Phi) is 10.2. The van der Waals surface area contributed by atoms with Crippen molar-refractivity contribution in [3.63, 3.8) is 0 Å². The lowest BCUT2D eigenvalue weighted by atomic mass is 9.82. The monoisotopic (exact) mass is 577 g/mol. The lowest BCUT2D eigenvalue weighted by Crippen LogP contribution is -2.37. The van der Waals surface area contributed by atoms with Gasteiger partial charge in [0.15, 0.2) is 0 Å². The van der Waals surface area contributed by atoms with Crippen molar-refractivity contribution in [1.29, 1.82) is 0 Å². The van der Waals surface area contributed by atoms with Crippen molar-refractivity contribution in [3.05, 3.63) is 35.9 Å². The Hall–Kier alpha value is -2.87. The van der Waals surface area contributed by atoms with Gasteiger partial charge in [-0.05, 0) is 128 Å². The Morgan fingerprint density at radius 2 is 1.52 bits per heavy atom. The van der Waals surface area contributed by atoms with Crippen LogP contribution in [0.5, 0.6) is 0 Å². The average molecular weight is 578 g/mol. The van der Waals surface area contributed by atoms with Gasteiger partial charge in [-0.2, -0.15) is 0 Å². The number of hydrogen-bond donors (Lipinski definition) is 2. The highest BCUT2D eigenvalue weighted by Gasteiger charge is 2.26. The number of rotatable bonds is 9. The van der Waals surface area contributed by atoms with Crippen molar-refractivity contribution < 1.29 is 14.3 Å². The highest BCUT2D eigenvalue weighted by Crippen LogP contribution is 2.30. The van der Waals surface area contributed by atoms with E-state index in [9.17, 15) is 9.59 Å². The summed E-state index contributed by atoms with van der Waals surface area (Å²) < 4.78 is 5.36. The zero-order valence-electron chi connectivity index (χ0n) is 26.0. The van der Waals surface area contributed by atoms with Gasteiger partial charge in [0.1, 0.15) is 11.4 Å². The number of carbonyl (C=O) groups is 2. The lowest BCUT2D eigenvalue weighted by molar-refractivity contribution is 0.0512. The standard InChI is InChI=1S/C34H51N5O3/c1-34(2,3)42-33(41)36-24-27-12-10-26(11-13-27)23-35-32(40)29-22-31(37-30-9-5-4-8-28(29)30)39-20-15-25(16-21-39)14-19-38-17-6-7-18-38/h4-5,8-9,22,25-27H,6-7,10-21,23-24H2,1-3H3,(H,35,40)(H,36,41). The van der Waals surface area contributed by atoms with E-state index in [1.165, 1.54) is 51.7 Å². The first kappa shape index (κ1) is 30.6. The van der Waals surface area contributed by atoms with Crippen LogP contribution in [0.3, 0.4) is 0 Å². The molecular weight excluding hydrogens is 526 g/mol. The van der Waals surface area contributed by atoms with Gasteiger partial charge >= 0.3 is 6.09 Å². The van der Waals surface area contributed by atoms with Gasteiger partial charge < -0.3 is 25.2 Å².